The molecule has 82 valence electrons. The van der Waals surface area contributed by atoms with E-state index in [2.05, 4.69) is 14.9 Å². The number of rotatable bonds is 1. The van der Waals surface area contributed by atoms with E-state index in [4.69, 9.17) is 11.6 Å². The van der Waals surface area contributed by atoms with Gasteiger partial charge in [-0.15, -0.1) is 0 Å². The molecular weight excluding hydrogens is 214 g/mol. The fourth-order valence-electron chi connectivity index (χ4n) is 1.77. The van der Waals surface area contributed by atoms with Crippen LogP contribution in [0.3, 0.4) is 0 Å². The molecule has 1 N–H and O–H groups in total. The number of nitrogens with zero attached hydrogens (tertiary/aromatic N) is 3. The van der Waals surface area contributed by atoms with Gasteiger partial charge in [-0.25, -0.2) is 9.97 Å². The van der Waals surface area contributed by atoms with E-state index in [0.717, 1.165) is 31.7 Å². The molecule has 0 atom stereocenters. The lowest BCUT2D eigenvalue weighted by Crippen LogP contribution is -2.36. The van der Waals surface area contributed by atoms with Crippen LogP contribution in [0.25, 0.3) is 0 Å². The van der Waals surface area contributed by atoms with Gasteiger partial charge < -0.3 is 10.0 Å². The normalized spacial score (nSPS) is 18.2. The Bertz CT molecular complexity index is 330. The Morgan fingerprint density at radius 2 is 2.07 bits per heavy atom. The van der Waals surface area contributed by atoms with Gasteiger partial charge in [-0.05, 0) is 19.8 Å². The van der Waals surface area contributed by atoms with Crippen molar-refractivity contribution in [3.05, 3.63) is 17.0 Å². The van der Waals surface area contributed by atoms with Gasteiger partial charge in [-0.2, -0.15) is 0 Å². The molecule has 2 rings (SSSR count). The van der Waals surface area contributed by atoms with Gasteiger partial charge >= 0.3 is 0 Å². The van der Waals surface area contributed by atoms with Crippen LogP contribution < -0.4 is 4.90 Å². The summed E-state index contributed by atoms with van der Waals surface area (Å²) < 4.78 is 0. The van der Waals surface area contributed by atoms with Crippen LogP contribution in [0, 0.1) is 6.92 Å². The van der Waals surface area contributed by atoms with Crippen molar-refractivity contribution in [3.63, 3.8) is 0 Å². The van der Waals surface area contributed by atoms with Gasteiger partial charge in [0, 0.05) is 19.2 Å². The Morgan fingerprint density at radius 1 is 1.40 bits per heavy atom. The minimum Gasteiger partial charge on any atom is -0.393 e. The van der Waals surface area contributed by atoms with E-state index >= 15 is 0 Å². The molecule has 0 radical (unpaired) electrons. The lowest BCUT2D eigenvalue weighted by atomic mass is 10.1. The predicted molar refractivity (Wildman–Crippen MR) is 59.2 cm³/mol. The Kier molecular flexibility index (Phi) is 3.07. The average Bonchev–Trinajstić information content (AvgIpc) is 2.17. The fourth-order valence-corrected chi connectivity index (χ4v) is 1.99. The first-order chi connectivity index (χ1) is 7.15. The summed E-state index contributed by atoms with van der Waals surface area (Å²) in [7, 11) is 0. The van der Waals surface area contributed by atoms with E-state index in [1.54, 1.807) is 6.07 Å². The molecule has 1 aliphatic heterocycles. The van der Waals surface area contributed by atoms with E-state index in [0.29, 0.717) is 11.0 Å². The highest BCUT2D eigenvalue weighted by molar-refractivity contribution is 6.29. The number of hydrogen-bond acceptors (Lipinski definition) is 4. The van der Waals surface area contributed by atoms with Crippen LogP contribution in [0.4, 0.5) is 5.82 Å². The first kappa shape index (κ1) is 10.6. The number of aryl methyl sites for hydroxylation is 1. The number of aliphatic hydroxyl groups excluding tert-OH is 1. The van der Waals surface area contributed by atoms with Crippen molar-refractivity contribution in [1.29, 1.82) is 0 Å². The Morgan fingerprint density at radius 3 is 2.67 bits per heavy atom. The first-order valence-corrected chi connectivity index (χ1v) is 5.47. The SMILES string of the molecule is Cc1nc(Cl)cc(N2CCC(O)CC2)n1. The molecule has 0 bridgehead atoms. The van der Waals surface area contributed by atoms with Crippen LogP contribution in [0.15, 0.2) is 6.07 Å². The second-order valence-corrected chi connectivity index (χ2v) is 4.20. The molecule has 1 aliphatic rings. The monoisotopic (exact) mass is 227 g/mol. The third-order valence-electron chi connectivity index (χ3n) is 2.58. The summed E-state index contributed by atoms with van der Waals surface area (Å²) in [4.78, 5) is 10.5. The van der Waals surface area contributed by atoms with E-state index in [9.17, 15) is 5.11 Å². The third-order valence-corrected chi connectivity index (χ3v) is 2.78. The summed E-state index contributed by atoms with van der Waals surface area (Å²) >= 11 is 5.87. The number of aromatic nitrogens is 2. The fraction of sp³-hybridized carbons (Fsp3) is 0.600. The van der Waals surface area contributed by atoms with Crippen LogP contribution >= 0.6 is 11.6 Å². The van der Waals surface area contributed by atoms with E-state index < -0.39 is 0 Å². The number of anilines is 1. The first-order valence-electron chi connectivity index (χ1n) is 5.09. The van der Waals surface area contributed by atoms with Crippen molar-refractivity contribution in [2.24, 2.45) is 0 Å². The van der Waals surface area contributed by atoms with Crippen LogP contribution in [0.2, 0.25) is 5.15 Å². The number of piperidine rings is 1. The lowest BCUT2D eigenvalue weighted by Gasteiger charge is -2.30. The zero-order chi connectivity index (χ0) is 10.8. The zero-order valence-corrected chi connectivity index (χ0v) is 9.41. The zero-order valence-electron chi connectivity index (χ0n) is 8.65. The van der Waals surface area contributed by atoms with Crippen LogP contribution in [0.1, 0.15) is 18.7 Å². The third kappa shape index (κ3) is 2.58. The Balaban J connectivity index is 2.15. The van der Waals surface area contributed by atoms with Crippen molar-refractivity contribution in [1.82, 2.24) is 9.97 Å². The minimum absolute atomic E-state index is 0.167. The maximum absolute atomic E-state index is 9.40. The molecule has 1 aromatic rings. The van der Waals surface area contributed by atoms with Gasteiger partial charge in [0.15, 0.2) is 0 Å². The second kappa shape index (κ2) is 4.33. The molecular formula is C10H14ClN3O. The molecule has 2 heterocycles. The van der Waals surface area contributed by atoms with Gasteiger partial charge in [0.2, 0.25) is 0 Å². The quantitative estimate of drug-likeness (QED) is 0.737. The van der Waals surface area contributed by atoms with Crippen molar-refractivity contribution in [2.45, 2.75) is 25.9 Å². The summed E-state index contributed by atoms with van der Waals surface area (Å²) in [6.07, 6.45) is 1.42. The summed E-state index contributed by atoms with van der Waals surface area (Å²) in [5, 5.41) is 9.87. The van der Waals surface area contributed by atoms with Crippen molar-refractivity contribution in [2.75, 3.05) is 18.0 Å². The molecule has 1 aromatic heterocycles. The molecule has 0 unspecified atom stereocenters. The van der Waals surface area contributed by atoms with Crippen molar-refractivity contribution >= 4 is 17.4 Å². The Labute approximate surface area is 93.9 Å². The van der Waals surface area contributed by atoms with E-state index in [1.807, 2.05) is 6.92 Å². The summed E-state index contributed by atoms with van der Waals surface area (Å²) in [5.41, 5.74) is 0. The Hall–Kier alpha value is -0.870. The highest BCUT2D eigenvalue weighted by Gasteiger charge is 2.18. The van der Waals surface area contributed by atoms with Crippen molar-refractivity contribution < 1.29 is 5.11 Å². The van der Waals surface area contributed by atoms with Gasteiger partial charge in [-0.3, -0.25) is 0 Å². The van der Waals surface area contributed by atoms with Crippen LogP contribution in [-0.4, -0.2) is 34.3 Å². The average molecular weight is 228 g/mol. The predicted octanol–water partition coefficient (Wildman–Crippen LogP) is 1.40. The molecule has 0 aliphatic carbocycles. The van der Waals surface area contributed by atoms with Gasteiger partial charge in [0.1, 0.15) is 16.8 Å². The largest absolute Gasteiger partial charge is 0.393 e. The van der Waals surface area contributed by atoms with Crippen molar-refractivity contribution in [3.8, 4) is 0 Å². The summed E-state index contributed by atoms with van der Waals surface area (Å²) in [5.74, 6) is 1.54. The number of aliphatic hydroxyl groups is 1. The number of halogens is 1. The maximum atomic E-state index is 9.40. The topological polar surface area (TPSA) is 49.2 Å². The molecule has 0 saturated carbocycles. The highest BCUT2D eigenvalue weighted by Crippen LogP contribution is 2.20. The molecule has 0 amide bonds. The molecule has 1 fully saturated rings. The van der Waals surface area contributed by atoms with Crippen LogP contribution in [-0.2, 0) is 0 Å². The second-order valence-electron chi connectivity index (χ2n) is 3.81. The lowest BCUT2D eigenvalue weighted by molar-refractivity contribution is 0.145. The number of hydrogen-bond donors (Lipinski definition) is 1. The highest BCUT2D eigenvalue weighted by atomic mass is 35.5. The van der Waals surface area contributed by atoms with Gasteiger partial charge in [0.05, 0.1) is 6.10 Å². The van der Waals surface area contributed by atoms with Gasteiger partial charge in [-0.1, -0.05) is 11.6 Å². The summed E-state index contributed by atoms with van der Waals surface area (Å²) in [6.45, 7) is 3.48. The molecule has 0 spiro atoms. The summed E-state index contributed by atoms with van der Waals surface area (Å²) in [6, 6.07) is 1.77. The molecule has 1 saturated heterocycles. The molecule has 4 nitrogen and oxygen atoms in total. The van der Waals surface area contributed by atoms with Crippen LogP contribution in [0.5, 0.6) is 0 Å². The molecule has 15 heavy (non-hydrogen) atoms. The molecule has 0 aromatic carbocycles. The van der Waals surface area contributed by atoms with E-state index in [1.165, 1.54) is 0 Å². The van der Waals surface area contributed by atoms with Gasteiger partial charge in [0.25, 0.3) is 0 Å². The maximum Gasteiger partial charge on any atom is 0.134 e. The smallest absolute Gasteiger partial charge is 0.134 e. The van der Waals surface area contributed by atoms with E-state index in [-0.39, 0.29) is 6.10 Å². The standard InChI is InChI=1S/C10H14ClN3O/c1-7-12-9(11)6-10(13-7)14-4-2-8(15)3-5-14/h6,8,15H,2-5H2,1H3. The minimum atomic E-state index is -0.167. The molecule has 5 heteroatoms.